The monoisotopic (exact) mass is 483 g/mol. The lowest BCUT2D eigenvalue weighted by molar-refractivity contribution is 0.102. The van der Waals surface area contributed by atoms with Gasteiger partial charge in [-0.15, -0.1) is 0 Å². The fourth-order valence-corrected chi connectivity index (χ4v) is 5.21. The number of fused-ring (bicyclic) bond motifs is 3. The van der Waals surface area contributed by atoms with E-state index in [1.807, 2.05) is 36.0 Å². The van der Waals surface area contributed by atoms with E-state index in [9.17, 15) is 4.79 Å². The summed E-state index contributed by atoms with van der Waals surface area (Å²) >= 11 is 0. The lowest BCUT2D eigenvalue weighted by atomic mass is 10.1. The van der Waals surface area contributed by atoms with Gasteiger partial charge in [-0.2, -0.15) is 0 Å². The molecule has 0 unspecified atom stereocenters. The Bertz CT molecular complexity index is 1500. The lowest BCUT2D eigenvalue weighted by Crippen LogP contribution is -2.18. The number of carbonyl (C=O) groups is 1. The average molecular weight is 484 g/mol. The van der Waals surface area contributed by atoms with Crippen LogP contribution in [0.25, 0.3) is 17.1 Å². The third-order valence-electron chi connectivity index (χ3n) is 7.50. The molecule has 0 radical (unpaired) electrons. The topological polar surface area (TPSA) is 74.0 Å². The van der Waals surface area contributed by atoms with Crippen LogP contribution >= 0.6 is 0 Å². The highest BCUT2D eigenvalue weighted by Crippen LogP contribution is 2.46. The number of hydrogen-bond acceptors (Lipinski definition) is 4. The fraction of sp³-hybridized carbons (Fsp3) is 0.321. The summed E-state index contributed by atoms with van der Waals surface area (Å²) < 4.78 is 25.3. The number of nitrogens with one attached hydrogen (secondary N) is 1. The number of nitrogens with zero attached hydrogens (tertiary/aromatic N) is 4. The quantitative estimate of drug-likeness (QED) is 0.398. The highest BCUT2D eigenvalue weighted by Gasteiger charge is 2.36. The zero-order chi connectivity index (χ0) is 24.4. The maximum absolute atomic E-state index is 15.0. The number of anilines is 1. The van der Waals surface area contributed by atoms with Gasteiger partial charge in [0.15, 0.2) is 5.75 Å². The summed E-state index contributed by atoms with van der Waals surface area (Å²) in [6, 6.07) is 8.80. The van der Waals surface area contributed by atoms with Crippen LogP contribution in [0.3, 0.4) is 0 Å². The Balaban J connectivity index is 1.22. The van der Waals surface area contributed by atoms with Crippen molar-refractivity contribution < 1.29 is 13.9 Å². The van der Waals surface area contributed by atoms with Gasteiger partial charge in [0.2, 0.25) is 0 Å². The SMILES string of the molecule is Cc1cc(F)c(C(=O)Nc2cccc3c2OC[C@@H](C2CC2)n2ccnc2-3)cc1-n1cnc(C2CC2)c1. The summed E-state index contributed by atoms with van der Waals surface area (Å²) in [5, 5.41) is 2.90. The molecular weight excluding hydrogens is 457 g/mol. The molecule has 2 aromatic heterocycles. The minimum atomic E-state index is -0.566. The molecule has 1 aliphatic heterocycles. The second-order valence-corrected chi connectivity index (χ2v) is 10.1. The number of aryl methyl sites for hydroxylation is 1. The average Bonchev–Trinajstić information content (AvgIpc) is 3.79. The molecule has 1 atom stereocenters. The number of para-hydroxylation sites is 1. The summed E-state index contributed by atoms with van der Waals surface area (Å²) in [7, 11) is 0. The molecule has 182 valence electrons. The number of imidazole rings is 2. The van der Waals surface area contributed by atoms with Crippen molar-refractivity contribution >= 4 is 11.6 Å². The Morgan fingerprint density at radius 1 is 1.17 bits per heavy atom. The first-order chi connectivity index (χ1) is 17.6. The molecule has 1 N–H and O–H groups in total. The highest BCUT2D eigenvalue weighted by molar-refractivity contribution is 6.06. The van der Waals surface area contributed by atoms with Crippen molar-refractivity contribution in [3.05, 3.63) is 77.9 Å². The summed E-state index contributed by atoms with van der Waals surface area (Å²) in [4.78, 5) is 22.4. The highest BCUT2D eigenvalue weighted by atomic mass is 19.1. The van der Waals surface area contributed by atoms with Gasteiger partial charge in [0, 0.05) is 24.5 Å². The van der Waals surface area contributed by atoms with E-state index in [2.05, 4.69) is 19.9 Å². The molecule has 8 heteroatoms. The number of halogens is 1. The largest absolute Gasteiger partial charge is 0.488 e. The fourth-order valence-electron chi connectivity index (χ4n) is 5.21. The molecule has 2 fully saturated rings. The van der Waals surface area contributed by atoms with Crippen LogP contribution in [0.5, 0.6) is 5.75 Å². The molecule has 2 aromatic carbocycles. The molecule has 0 bridgehead atoms. The first-order valence-electron chi connectivity index (χ1n) is 12.5. The van der Waals surface area contributed by atoms with Crippen LogP contribution in [0.15, 0.2) is 55.2 Å². The van der Waals surface area contributed by atoms with Gasteiger partial charge in [-0.05, 0) is 68.4 Å². The van der Waals surface area contributed by atoms with Gasteiger partial charge in [-0.3, -0.25) is 4.79 Å². The van der Waals surface area contributed by atoms with E-state index in [4.69, 9.17) is 4.74 Å². The van der Waals surface area contributed by atoms with E-state index < -0.39 is 11.7 Å². The Labute approximate surface area is 208 Å². The molecule has 3 heterocycles. The van der Waals surface area contributed by atoms with E-state index in [-0.39, 0.29) is 11.6 Å². The molecule has 7 nitrogen and oxygen atoms in total. The summed E-state index contributed by atoms with van der Waals surface area (Å²) in [6.07, 6.45) is 12.2. The molecule has 1 amide bonds. The van der Waals surface area contributed by atoms with E-state index >= 15 is 4.39 Å². The molecule has 4 aromatic rings. The van der Waals surface area contributed by atoms with Gasteiger partial charge in [0.1, 0.15) is 18.2 Å². The maximum Gasteiger partial charge on any atom is 0.258 e. The van der Waals surface area contributed by atoms with Crippen LogP contribution in [-0.4, -0.2) is 31.6 Å². The third kappa shape index (κ3) is 3.59. The van der Waals surface area contributed by atoms with Gasteiger partial charge >= 0.3 is 0 Å². The van der Waals surface area contributed by atoms with Gasteiger partial charge < -0.3 is 19.2 Å². The van der Waals surface area contributed by atoms with Crippen molar-refractivity contribution in [1.82, 2.24) is 19.1 Å². The molecule has 36 heavy (non-hydrogen) atoms. The first kappa shape index (κ1) is 21.4. The van der Waals surface area contributed by atoms with Crippen molar-refractivity contribution in [3.63, 3.8) is 0 Å². The number of benzene rings is 2. The van der Waals surface area contributed by atoms with Crippen LogP contribution < -0.4 is 10.1 Å². The van der Waals surface area contributed by atoms with Crippen LogP contribution in [0.1, 0.15) is 59.3 Å². The van der Waals surface area contributed by atoms with E-state index in [1.54, 1.807) is 24.7 Å². The Kier molecular flexibility index (Phi) is 4.77. The van der Waals surface area contributed by atoms with E-state index in [0.717, 1.165) is 41.2 Å². The number of ether oxygens (including phenoxy) is 1. The Morgan fingerprint density at radius 2 is 2.03 bits per heavy atom. The van der Waals surface area contributed by atoms with Gasteiger partial charge in [-0.1, -0.05) is 6.07 Å². The Hall–Kier alpha value is -3.94. The van der Waals surface area contributed by atoms with Crippen LogP contribution in [0.4, 0.5) is 10.1 Å². The van der Waals surface area contributed by atoms with Crippen molar-refractivity contribution in [2.75, 3.05) is 11.9 Å². The lowest BCUT2D eigenvalue weighted by Gasteiger charge is -2.17. The zero-order valence-electron chi connectivity index (χ0n) is 19.9. The van der Waals surface area contributed by atoms with Crippen molar-refractivity contribution in [3.8, 4) is 22.8 Å². The van der Waals surface area contributed by atoms with E-state index in [0.29, 0.717) is 29.9 Å². The predicted molar refractivity (Wildman–Crippen MR) is 133 cm³/mol. The van der Waals surface area contributed by atoms with Gasteiger partial charge in [0.25, 0.3) is 5.91 Å². The predicted octanol–water partition coefficient (Wildman–Crippen LogP) is 5.66. The van der Waals surface area contributed by atoms with Crippen LogP contribution in [-0.2, 0) is 0 Å². The molecule has 0 saturated heterocycles. The number of amides is 1. The first-order valence-corrected chi connectivity index (χ1v) is 12.5. The van der Waals surface area contributed by atoms with Crippen LogP contribution in [0, 0.1) is 18.7 Å². The van der Waals surface area contributed by atoms with Crippen molar-refractivity contribution in [2.45, 2.75) is 44.6 Å². The number of aromatic nitrogens is 4. The molecule has 2 saturated carbocycles. The smallest absolute Gasteiger partial charge is 0.258 e. The normalized spacial score (nSPS) is 18.7. The van der Waals surface area contributed by atoms with Crippen LogP contribution in [0.2, 0.25) is 0 Å². The minimum Gasteiger partial charge on any atom is -0.488 e. The second kappa shape index (κ2) is 8.05. The zero-order valence-corrected chi connectivity index (χ0v) is 19.9. The number of hydrogen-bond donors (Lipinski definition) is 1. The maximum atomic E-state index is 15.0. The summed E-state index contributed by atoms with van der Waals surface area (Å²) in [5.74, 6) is 1.39. The van der Waals surface area contributed by atoms with Gasteiger partial charge in [0.05, 0.1) is 40.6 Å². The van der Waals surface area contributed by atoms with E-state index in [1.165, 1.54) is 18.9 Å². The van der Waals surface area contributed by atoms with Crippen molar-refractivity contribution in [2.24, 2.45) is 5.92 Å². The molecule has 0 spiro atoms. The standard InChI is InChI=1S/C28H26FN5O2/c1-16-11-21(29)20(12-24(16)33-13-23(31-15-33)17-5-6-17)28(35)32-22-4-2-3-19-26(22)36-14-25(18-7-8-18)34-10-9-30-27(19)34/h2-4,9-13,15,17-18,25H,5-8,14H2,1H3,(H,32,35)/t25-/m0/s1. The Morgan fingerprint density at radius 3 is 2.83 bits per heavy atom. The second-order valence-electron chi connectivity index (χ2n) is 10.1. The summed E-state index contributed by atoms with van der Waals surface area (Å²) in [6.45, 7) is 2.33. The minimum absolute atomic E-state index is 0.0270. The molecular formula is C28H26FN5O2. The third-order valence-corrected chi connectivity index (χ3v) is 7.50. The summed E-state index contributed by atoms with van der Waals surface area (Å²) in [5.41, 5.74) is 3.80. The molecule has 2 aliphatic carbocycles. The van der Waals surface area contributed by atoms with Crippen molar-refractivity contribution in [1.29, 1.82) is 0 Å². The molecule has 7 rings (SSSR count). The van der Waals surface area contributed by atoms with Gasteiger partial charge in [-0.25, -0.2) is 14.4 Å². The number of rotatable bonds is 5. The molecule has 3 aliphatic rings. The number of carbonyl (C=O) groups excluding carboxylic acids is 1.